The summed E-state index contributed by atoms with van der Waals surface area (Å²) in [5, 5.41) is 9.48. The third kappa shape index (κ3) is 9.07. The van der Waals surface area contributed by atoms with Crippen molar-refractivity contribution < 1.29 is 54.2 Å². The molecule has 4 heterocycles. The first-order chi connectivity index (χ1) is 25.0. The largest absolute Gasteiger partial charge is 0.481 e. The zero-order valence-corrected chi connectivity index (χ0v) is 28.3. The molecule has 3 aromatic rings. The van der Waals surface area contributed by atoms with Crippen LogP contribution in [0.3, 0.4) is 0 Å². The Balaban J connectivity index is 1.40. The second-order valence-corrected chi connectivity index (χ2v) is 13.7. The Kier molecular flexibility index (Phi) is 11.0. The maximum absolute atomic E-state index is 14.1. The fraction of sp³-hybridized carbons (Fsp3) is 0.543. The second-order valence-electron chi connectivity index (χ2n) is 13.7. The van der Waals surface area contributed by atoms with Crippen LogP contribution in [0.5, 0.6) is 0 Å². The molecule has 3 fully saturated rings. The molecule has 0 bridgehead atoms. The molecule has 1 aliphatic carbocycles. The van der Waals surface area contributed by atoms with Gasteiger partial charge in [0.05, 0.1) is 53.9 Å². The molecule has 6 rings (SSSR count). The van der Waals surface area contributed by atoms with E-state index in [1.807, 2.05) is 9.80 Å². The van der Waals surface area contributed by atoms with E-state index in [2.05, 4.69) is 15.0 Å². The lowest BCUT2D eigenvalue weighted by atomic mass is 9.78. The number of alkyl halides is 9. The highest BCUT2D eigenvalue weighted by Crippen LogP contribution is 2.41. The molecule has 9 nitrogen and oxygen atoms in total. The van der Waals surface area contributed by atoms with Crippen molar-refractivity contribution in [1.82, 2.24) is 15.0 Å². The highest BCUT2D eigenvalue weighted by atomic mass is 19.4. The first-order valence-electron chi connectivity index (χ1n) is 17.2. The fourth-order valence-corrected chi connectivity index (χ4v) is 7.53. The molecule has 2 aromatic heterocycles. The minimum atomic E-state index is -5.12. The van der Waals surface area contributed by atoms with Gasteiger partial charge >= 0.3 is 24.5 Å². The third-order valence-electron chi connectivity index (χ3n) is 10.2. The Morgan fingerprint density at radius 3 is 1.92 bits per heavy atom. The van der Waals surface area contributed by atoms with Crippen molar-refractivity contribution in [2.75, 3.05) is 47.5 Å². The number of ether oxygens (including phenoxy) is 1. The maximum Gasteiger partial charge on any atom is 0.417 e. The summed E-state index contributed by atoms with van der Waals surface area (Å²) in [6.07, 6.45) is -8.00. The monoisotopic (exact) mass is 760 g/mol. The van der Waals surface area contributed by atoms with E-state index in [4.69, 9.17) is 4.74 Å². The van der Waals surface area contributed by atoms with E-state index in [-0.39, 0.29) is 35.4 Å². The highest BCUT2D eigenvalue weighted by Gasteiger charge is 2.40. The van der Waals surface area contributed by atoms with Gasteiger partial charge in [-0.2, -0.15) is 39.5 Å². The number of aliphatic carboxylic acids is 1. The minimum Gasteiger partial charge on any atom is -0.481 e. The summed E-state index contributed by atoms with van der Waals surface area (Å²) in [5.74, 6) is -1.25. The fourth-order valence-electron chi connectivity index (χ4n) is 7.53. The summed E-state index contributed by atoms with van der Waals surface area (Å²) in [5.41, 5.74) is -3.97. The summed E-state index contributed by atoms with van der Waals surface area (Å²) in [4.78, 5) is 29.6. The van der Waals surface area contributed by atoms with Crippen LogP contribution in [0, 0.1) is 11.8 Å². The number of morpholine rings is 1. The number of carboxylic acid groups (broad SMARTS) is 1. The molecular formula is C35H37F9N6O3. The predicted octanol–water partition coefficient (Wildman–Crippen LogP) is 7.83. The van der Waals surface area contributed by atoms with Gasteiger partial charge in [0.2, 0.25) is 5.95 Å². The van der Waals surface area contributed by atoms with E-state index >= 15 is 0 Å². The molecule has 3 aliphatic rings. The second kappa shape index (κ2) is 15.2. The van der Waals surface area contributed by atoms with Gasteiger partial charge in [0.25, 0.3) is 0 Å². The molecule has 1 aromatic carbocycles. The number of pyridine rings is 1. The van der Waals surface area contributed by atoms with Gasteiger partial charge < -0.3 is 24.5 Å². The van der Waals surface area contributed by atoms with Crippen molar-refractivity contribution >= 4 is 23.4 Å². The van der Waals surface area contributed by atoms with E-state index in [1.54, 1.807) is 0 Å². The van der Waals surface area contributed by atoms with Crippen LogP contribution in [0.25, 0.3) is 0 Å². The maximum atomic E-state index is 14.1. The van der Waals surface area contributed by atoms with Crippen LogP contribution in [0.1, 0.15) is 66.3 Å². The minimum absolute atomic E-state index is 0.00768. The summed E-state index contributed by atoms with van der Waals surface area (Å²) >= 11 is 0. The molecule has 1 atom stereocenters. The van der Waals surface area contributed by atoms with Crippen LogP contribution in [-0.2, 0) is 41.1 Å². The van der Waals surface area contributed by atoms with Crippen molar-refractivity contribution in [2.45, 2.75) is 76.2 Å². The van der Waals surface area contributed by atoms with Crippen molar-refractivity contribution in [3.05, 3.63) is 70.7 Å². The van der Waals surface area contributed by atoms with Crippen molar-refractivity contribution in [3.63, 3.8) is 0 Å². The molecular weight excluding hydrogens is 723 g/mol. The number of anilines is 3. The molecule has 53 heavy (non-hydrogen) atoms. The van der Waals surface area contributed by atoms with Crippen LogP contribution in [0.2, 0.25) is 0 Å². The molecule has 0 radical (unpaired) electrons. The van der Waals surface area contributed by atoms with Gasteiger partial charge in [-0.05, 0) is 74.3 Å². The first-order valence-corrected chi connectivity index (χ1v) is 17.2. The summed E-state index contributed by atoms with van der Waals surface area (Å²) in [6, 6.07) is 1.87. The smallest absolute Gasteiger partial charge is 0.417 e. The van der Waals surface area contributed by atoms with Gasteiger partial charge in [-0.1, -0.05) is 0 Å². The van der Waals surface area contributed by atoms with Gasteiger partial charge in [-0.3, -0.25) is 4.79 Å². The van der Waals surface area contributed by atoms with Crippen molar-refractivity contribution in [1.29, 1.82) is 0 Å². The number of carboxylic acids is 1. The van der Waals surface area contributed by atoms with E-state index in [0.717, 1.165) is 6.07 Å². The van der Waals surface area contributed by atoms with E-state index in [9.17, 15) is 49.4 Å². The topological polar surface area (TPSA) is 94.9 Å². The third-order valence-corrected chi connectivity index (χ3v) is 10.2. The highest BCUT2D eigenvalue weighted by molar-refractivity contribution is 5.70. The first kappa shape index (κ1) is 38.4. The zero-order chi connectivity index (χ0) is 38.1. The molecule has 0 amide bonds. The summed E-state index contributed by atoms with van der Waals surface area (Å²) < 4.78 is 131. The van der Waals surface area contributed by atoms with Gasteiger partial charge in [-0.25, -0.2) is 15.0 Å². The molecule has 1 saturated carbocycles. The number of aromatic nitrogens is 3. The van der Waals surface area contributed by atoms with Crippen LogP contribution < -0.4 is 14.7 Å². The Morgan fingerprint density at radius 2 is 1.36 bits per heavy atom. The molecule has 2 aliphatic heterocycles. The van der Waals surface area contributed by atoms with Crippen LogP contribution in [0.15, 0.2) is 42.9 Å². The molecule has 288 valence electrons. The standard InChI is InChI=1S/C35H37F9N6O3/c36-33(37,38)25-12-21(13-26(15-25)34(39,40)41)19-49(32-46-17-28(18-47-32)48-8-10-53-11-9-48)20-24-14-27(35(42,43)44)16-45-30(24)50-7-1-2-29(50)22-3-5-23(6-4-22)31(51)52/h12-18,22-23,29H,1-11,19-20H2,(H,51,52). The summed E-state index contributed by atoms with van der Waals surface area (Å²) in [6.45, 7) is 1.28. The summed E-state index contributed by atoms with van der Waals surface area (Å²) in [7, 11) is 0. The number of carbonyl (C=O) groups is 1. The SMILES string of the molecule is O=C(O)C1CCC(C2CCCN2c2ncc(C(F)(F)F)cc2CN(Cc2cc(C(F)(F)F)cc(C(F)(F)F)c2)c2ncc(N3CCOCC3)cn2)CC1. The molecule has 1 N–H and O–H groups in total. The zero-order valence-electron chi connectivity index (χ0n) is 28.3. The average molecular weight is 761 g/mol. The van der Waals surface area contributed by atoms with Crippen LogP contribution in [-0.4, -0.2) is 64.9 Å². The molecule has 1 unspecified atom stereocenters. The normalized spacial score (nSPS) is 21.6. The Bertz CT molecular complexity index is 1710. The quantitative estimate of drug-likeness (QED) is 0.219. The van der Waals surface area contributed by atoms with Crippen LogP contribution >= 0.6 is 0 Å². The Morgan fingerprint density at radius 1 is 0.755 bits per heavy atom. The number of halogens is 9. The Hall–Kier alpha value is -4.35. The number of hydrogen-bond donors (Lipinski definition) is 1. The number of rotatable bonds is 9. The average Bonchev–Trinajstić information content (AvgIpc) is 3.60. The molecule has 18 heteroatoms. The lowest BCUT2D eigenvalue weighted by Crippen LogP contribution is -2.39. The van der Waals surface area contributed by atoms with Gasteiger partial charge in [-0.15, -0.1) is 0 Å². The van der Waals surface area contributed by atoms with Gasteiger partial charge in [0.1, 0.15) is 5.82 Å². The van der Waals surface area contributed by atoms with E-state index < -0.39 is 65.8 Å². The van der Waals surface area contributed by atoms with Gasteiger partial charge in [0, 0.05) is 50.5 Å². The Labute approximate surface area is 298 Å². The molecule has 0 spiro atoms. The number of benzene rings is 1. The van der Waals surface area contributed by atoms with Crippen molar-refractivity contribution in [2.24, 2.45) is 11.8 Å². The lowest BCUT2D eigenvalue weighted by Gasteiger charge is -2.37. The van der Waals surface area contributed by atoms with Crippen molar-refractivity contribution in [3.8, 4) is 0 Å². The number of hydrogen-bond acceptors (Lipinski definition) is 8. The predicted molar refractivity (Wildman–Crippen MR) is 174 cm³/mol. The van der Waals surface area contributed by atoms with E-state index in [1.165, 1.54) is 17.3 Å². The van der Waals surface area contributed by atoms with Gasteiger partial charge in [0.15, 0.2) is 0 Å². The lowest BCUT2D eigenvalue weighted by molar-refractivity contribution is -0.144. The van der Waals surface area contributed by atoms with Crippen LogP contribution in [0.4, 0.5) is 57.0 Å². The molecule has 2 saturated heterocycles. The van der Waals surface area contributed by atoms with E-state index in [0.29, 0.717) is 95.4 Å². The number of nitrogens with zero attached hydrogens (tertiary/aromatic N) is 6.